The van der Waals surface area contributed by atoms with E-state index in [9.17, 15) is 18.0 Å². The molecule has 0 aliphatic rings. The summed E-state index contributed by atoms with van der Waals surface area (Å²) < 4.78 is 27.0. The Labute approximate surface area is 188 Å². The van der Waals surface area contributed by atoms with Gasteiger partial charge >= 0.3 is 0 Å². The lowest BCUT2D eigenvalue weighted by molar-refractivity contribution is 0.0937. The summed E-state index contributed by atoms with van der Waals surface area (Å²) in [5.41, 5.74) is 1.12. The average molecular weight is 456 g/mol. The molecule has 1 amide bonds. The van der Waals surface area contributed by atoms with Crippen molar-refractivity contribution in [2.75, 3.05) is 13.1 Å². The van der Waals surface area contributed by atoms with Gasteiger partial charge in [0.05, 0.1) is 4.90 Å². The fourth-order valence-corrected chi connectivity index (χ4v) is 5.13. The summed E-state index contributed by atoms with van der Waals surface area (Å²) in [6.07, 6.45) is 2.92. The zero-order valence-electron chi connectivity index (χ0n) is 18.6. The summed E-state index contributed by atoms with van der Waals surface area (Å²) in [6.45, 7) is 6.07. The maximum Gasteiger partial charge on any atom is 0.256 e. The molecule has 1 heterocycles. The van der Waals surface area contributed by atoms with Crippen LogP contribution in [0.2, 0.25) is 0 Å². The summed E-state index contributed by atoms with van der Waals surface area (Å²) in [5, 5.41) is 3.04. The van der Waals surface area contributed by atoms with Crippen molar-refractivity contribution in [2.45, 2.75) is 44.6 Å². The van der Waals surface area contributed by atoms with E-state index in [0.29, 0.717) is 18.6 Å². The molecule has 7 nitrogen and oxygen atoms in total. The van der Waals surface area contributed by atoms with Crippen molar-refractivity contribution in [3.8, 4) is 0 Å². The van der Waals surface area contributed by atoms with E-state index in [-0.39, 0.29) is 21.9 Å². The van der Waals surface area contributed by atoms with Crippen molar-refractivity contribution in [3.63, 3.8) is 0 Å². The van der Waals surface area contributed by atoms with Crippen molar-refractivity contribution >= 4 is 26.8 Å². The van der Waals surface area contributed by atoms with E-state index in [1.807, 2.05) is 37.3 Å². The smallest absolute Gasteiger partial charge is 0.256 e. The lowest BCUT2D eigenvalue weighted by atomic mass is 10.1. The van der Waals surface area contributed by atoms with Crippen molar-refractivity contribution in [2.24, 2.45) is 0 Å². The third-order valence-electron chi connectivity index (χ3n) is 5.53. The zero-order valence-corrected chi connectivity index (χ0v) is 19.4. The van der Waals surface area contributed by atoms with Gasteiger partial charge in [-0.15, -0.1) is 0 Å². The molecule has 170 valence electrons. The lowest BCUT2D eigenvalue weighted by Gasteiger charge is -2.18. The number of fused-ring (bicyclic) bond motifs is 1. The van der Waals surface area contributed by atoms with Gasteiger partial charge in [-0.3, -0.25) is 9.59 Å². The van der Waals surface area contributed by atoms with Crippen LogP contribution in [0.25, 0.3) is 10.9 Å². The molecule has 0 aliphatic heterocycles. The number of hydrogen-bond donors (Lipinski definition) is 2. The van der Waals surface area contributed by atoms with E-state index < -0.39 is 21.4 Å². The molecule has 3 rings (SSSR count). The largest absolute Gasteiger partial charge is 0.360 e. The topological polar surface area (TPSA) is 99.3 Å². The molecule has 32 heavy (non-hydrogen) atoms. The molecular formula is C24H29N3O4S. The fourth-order valence-electron chi connectivity index (χ4n) is 3.64. The van der Waals surface area contributed by atoms with Crippen LogP contribution in [-0.2, 0) is 16.4 Å². The summed E-state index contributed by atoms with van der Waals surface area (Å²) in [4.78, 5) is 28.8. The Morgan fingerprint density at radius 3 is 2.44 bits per heavy atom. The van der Waals surface area contributed by atoms with Gasteiger partial charge in [-0.25, -0.2) is 8.42 Å². The summed E-state index contributed by atoms with van der Waals surface area (Å²) in [5.74, 6) is -0.481. The van der Waals surface area contributed by atoms with Crippen LogP contribution in [0.1, 0.15) is 43.1 Å². The Balaban J connectivity index is 1.83. The van der Waals surface area contributed by atoms with Gasteiger partial charge in [0.15, 0.2) is 0 Å². The SMILES string of the molecule is CCN(CC)S(=O)(=O)c1ccc2[nH]cc(C(=O)N[C@@H](C)CCc3ccccc3)c(=O)c2c1. The highest BCUT2D eigenvalue weighted by atomic mass is 32.2. The third kappa shape index (κ3) is 5.08. The second-order valence-corrected chi connectivity index (χ2v) is 9.66. The van der Waals surface area contributed by atoms with Crippen LogP contribution < -0.4 is 10.7 Å². The van der Waals surface area contributed by atoms with Crippen molar-refractivity contribution < 1.29 is 13.2 Å². The number of aromatic amines is 1. The van der Waals surface area contributed by atoms with Crippen molar-refractivity contribution in [1.29, 1.82) is 0 Å². The quantitative estimate of drug-likeness (QED) is 0.517. The molecule has 0 bridgehead atoms. The Morgan fingerprint density at radius 1 is 1.09 bits per heavy atom. The first-order chi connectivity index (χ1) is 15.3. The number of H-pyrrole nitrogens is 1. The number of carbonyl (C=O) groups is 1. The Hall–Kier alpha value is -2.97. The van der Waals surface area contributed by atoms with Crippen molar-refractivity contribution in [1.82, 2.24) is 14.6 Å². The molecule has 0 spiro atoms. The number of aryl methyl sites for hydroxylation is 1. The first-order valence-electron chi connectivity index (χ1n) is 10.8. The highest BCUT2D eigenvalue weighted by molar-refractivity contribution is 7.89. The van der Waals surface area contributed by atoms with E-state index in [2.05, 4.69) is 10.3 Å². The third-order valence-corrected chi connectivity index (χ3v) is 7.57. The van der Waals surface area contributed by atoms with E-state index in [1.165, 1.54) is 28.2 Å². The maximum atomic E-state index is 13.0. The predicted molar refractivity (Wildman–Crippen MR) is 126 cm³/mol. The molecule has 0 aliphatic carbocycles. The number of nitrogens with one attached hydrogen (secondary N) is 2. The first kappa shape index (κ1) is 23.7. The summed E-state index contributed by atoms with van der Waals surface area (Å²) >= 11 is 0. The van der Waals surface area contributed by atoms with E-state index in [0.717, 1.165) is 12.8 Å². The van der Waals surface area contributed by atoms with Gasteiger partial charge < -0.3 is 10.3 Å². The van der Waals surface area contributed by atoms with Gasteiger partial charge in [0.2, 0.25) is 15.5 Å². The molecule has 3 aromatic rings. The first-order valence-corrected chi connectivity index (χ1v) is 12.2. The average Bonchev–Trinajstić information content (AvgIpc) is 2.79. The van der Waals surface area contributed by atoms with E-state index in [1.54, 1.807) is 19.9 Å². The number of benzene rings is 2. The van der Waals surface area contributed by atoms with Crippen LogP contribution in [0.4, 0.5) is 0 Å². The second kappa shape index (κ2) is 10.1. The standard InChI is InChI=1S/C24H29N3O4S/c1-4-27(5-2)32(30,31)19-13-14-22-20(15-19)23(28)21(16-25-22)24(29)26-17(3)11-12-18-9-7-6-8-10-18/h6-10,13-17H,4-5,11-12H2,1-3H3,(H,25,28)(H,26,29)/t17-/m0/s1. The van der Waals surface area contributed by atoms with E-state index >= 15 is 0 Å². The Morgan fingerprint density at radius 2 is 1.78 bits per heavy atom. The minimum Gasteiger partial charge on any atom is -0.360 e. The predicted octanol–water partition coefficient (Wildman–Crippen LogP) is 3.31. The number of sulfonamides is 1. The number of rotatable bonds is 9. The Kier molecular flexibility index (Phi) is 7.48. The minimum absolute atomic E-state index is 0.0352. The normalized spacial score (nSPS) is 12.8. The number of aromatic nitrogens is 1. The van der Waals surface area contributed by atoms with Gasteiger partial charge in [-0.05, 0) is 43.5 Å². The Bertz CT molecular complexity index is 1250. The molecule has 1 aromatic heterocycles. The molecule has 0 fully saturated rings. The zero-order chi connectivity index (χ0) is 23.3. The number of pyridine rings is 1. The number of hydrogen-bond acceptors (Lipinski definition) is 4. The van der Waals surface area contributed by atoms with Crippen LogP contribution in [0.5, 0.6) is 0 Å². The van der Waals surface area contributed by atoms with Crippen LogP contribution in [0, 0.1) is 0 Å². The van der Waals surface area contributed by atoms with E-state index in [4.69, 9.17) is 0 Å². The maximum absolute atomic E-state index is 13.0. The highest BCUT2D eigenvalue weighted by Gasteiger charge is 2.23. The molecule has 0 radical (unpaired) electrons. The van der Waals surface area contributed by atoms with Crippen LogP contribution in [0.3, 0.4) is 0 Å². The second-order valence-electron chi connectivity index (χ2n) is 7.73. The van der Waals surface area contributed by atoms with Crippen LogP contribution in [-0.4, -0.2) is 42.7 Å². The van der Waals surface area contributed by atoms with Crippen LogP contribution >= 0.6 is 0 Å². The number of amides is 1. The minimum atomic E-state index is -3.72. The summed E-state index contributed by atoms with van der Waals surface area (Å²) in [6, 6.07) is 14.2. The fraction of sp³-hybridized carbons (Fsp3) is 0.333. The van der Waals surface area contributed by atoms with Gasteiger partial charge in [0, 0.05) is 36.2 Å². The monoisotopic (exact) mass is 455 g/mol. The van der Waals surface area contributed by atoms with Gasteiger partial charge in [-0.2, -0.15) is 4.31 Å². The number of nitrogens with zero attached hydrogens (tertiary/aromatic N) is 1. The lowest BCUT2D eigenvalue weighted by Crippen LogP contribution is -2.36. The summed E-state index contributed by atoms with van der Waals surface area (Å²) in [7, 11) is -3.72. The van der Waals surface area contributed by atoms with Gasteiger partial charge in [0.1, 0.15) is 5.56 Å². The van der Waals surface area contributed by atoms with Crippen molar-refractivity contribution in [3.05, 3.63) is 76.1 Å². The van der Waals surface area contributed by atoms with Crippen LogP contribution in [0.15, 0.2) is 64.4 Å². The highest BCUT2D eigenvalue weighted by Crippen LogP contribution is 2.19. The molecule has 0 unspecified atom stereocenters. The number of carbonyl (C=O) groups excluding carboxylic acids is 1. The molecule has 1 atom stereocenters. The molecule has 0 saturated carbocycles. The van der Waals surface area contributed by atoms with Gasteiger partial charge in [0.25, 0.3) is 5.91 Å². The molecular weight excluding hydrogens is 426 g/mol. The molecule has 0 saturated heterocycles. The molecule has 8 heteroatoms. The van der Waals surface area contributed by atoms with Gasteiger partial charge in [-0.1, -0.05) is 44.2 Å². The molecule has 2 aromatic carbocycles. The molecule has 2 N–H and O–H groups in total.